The highest BCUT2D eigenvalue weighted by molar-refractivity contribution is 7.16. The molecule has 5 nitrogen and oxygen atoms in total. The number of thiazole rings is 1. The molecule has 134 valence electrons. The standard InChI is InChI=1S/C19H24N2O3S/c1-3-24-18(23)13(2)21-15-11-7-8-12-16(15)25-19(21)20-17(22)14-9-5-4-6-10-14/h7-8,11-14H,3-6,9-10H2,1-2H3/b20-19+. The van der Waals surface area contributed by atoms with Crippen molar-refractivity contribution in [2.24, 2.45) is 10.9 Å². The van der Waals surface area contributed by atoms with Crippen LogP contribution in [0, 0.1) is 5.92 Å². The number of rotatable bonds is 4. The summed E-state index contributed by atoms with van der Waals surface area (Å²) >= 11 is 1.45. The molecule has 0 saturated heterocycles. The Morgan fingerprint density at radius 2 is 2.00 bits per heavy atom. The third kappa shape index (κ3) is 3.84. The number of carbonyl (C=O) groups is 2. The number of hydrogen-bond acceptors (Lipinski definition) is 4. The van der Waals surface area contributed by atoms with Crippen molar-refractivity contribution in [3.63, 3.8) is 0 Å². The highest BCUT2D eigenvalue weighted by atomic mass is 32.1. The Kier molecular flexibility index (Phi) is 5.68. The number of fused-ring (bicyclic) bond motifs is 1. The van der Waals surface area contributed by atoms with Gasteiger partial charge in [-0.05, 0) is 38.8 Å². The zero-order chi connectivity index (χ0) is 17.8. The molecule has 1 fully saturated rings. The molecule has 1 unspecified atom stereocenters. The molecule has 3 rings (SSSR count). The summed E-state index contributed by atoms with van der Waals surface area (Å²) in [4.78, 5) is 29.9. The Morgan fingerprint density at radius 1 is 1.28 bits per heavy atom. The summed E-state index contributed by atoms with van der Waals surface area (Å²) in [5.41, 5.74) is 0.906. The van der Waals surface area contributed by atoms with Gasteiger partial charge in [-0.25, -0.2) is 4.79 Å². The van der Waals surface area contributed by atoms with Gasteiger partial charge in [0.1, 0.15) is 6.04 Å². The first kappa shape index (κ1) is 17.9. The van der Waals surface area contributed by atoms with Crippen LogP contribution in [0.25, 0.3) is 10.2 Å². The van der Waals surface area contributed by atoms with E-state index in [-0.39, 0.29) is 17.8 Å². The molecular weight excluding hydrogens is 336 g/mol. The highest BCUT2D eigenvalue weighted by Crippen LogP contribution is 2.25. The van der Waals surface area contributed by atoms with Gasteiger partial charge in [-0.15, -0.1) is 0 Å². The second-order valence-corrected chi connectivity index (χ2v) is 7.44. The number of para-hydroxylation sites is 1. The van der Waals surface area contributed by atoms with E-state index < -0.39 is 6.04 Å². The third-order valence-corrected chi connectivity index (χ3v) is 5.74. The largest absolute Gasteiger partial charge is 0.464 e. The van der Waals surface area contributed by atoms with Crippen LogP contribution in [0.5, 0.6) is 0 Å². The summed E-state index contributed by atoms with van der Waals surface area (Å²) in [7, 11) is 0. The van der Waals surface area contributed by atoms with Gasteiger partial charge in [0.25, 0.3) is 5.91 Å². The number of esters is 1. The Balaban J connectivity index is 2.04. The van der Waals surface area contributed by atoms with Gasteiger partial charge in [0.05, 0.1) is 16.8 Å². The van der Waals surface area contributed by atoms with Crippen LogP contribution in [0.15, 0.2) is 29.3 Å². The number of ether oxygens (including phenoxy) is 1. The maximum atomic E-state index is 12.6. The average Bonchev–Trinajstić information content (AvgIpc) is 2.99. The number of nitrogens with zero attached hydrogens (tertiary/aromatic N) is 2. The minimum Gasteiger partial charge on any atom is -0.464 e. The molecule has 2 aromatic rings. The van der Waals surface area contributed by atoms with E-state index in [4.69, 9.17) is 4.74 Å². The molecular formula is C19H24N2O3S. The fraction of sp³-hybridized carbons (Fsp3) is 0.526. The summed E-state index contributed by atoms with van der Waals surface area (Å²) < 4.78 is 8.01. The number of aromatic nitrogens is 1. The van der Waals surface area contributed by atoms with Crippen molar-refractivity contribution < 1.29 is 14.3 Å². The summed E-state index contributed by atoms with van der Waals surface area (Å²) in [6, 6.07) is 7.29. The molecule has 1 amide bonds. The molecule has 0 radical (unpaired) electrons. The van der Waals surface area contributed by atoms with Gasteiger partial charge in [0.15, 0.2) is 4.80 Å². The van der Waals surface area contributed by atoms with Crippen LogP contribution in [0.1, 0.15) is 52.0 Å². The van der Waals surface area contributed by atoms with Crippen LogP contribution < -0.4 is 4.80 Å². The summed E-state index contributed by atoms with van der Waals surface area (Å²) in [5, 5.41) is 0. The van der Waals surface area contributed by atoms with E-state index in [1.807, 2.05) is 28.8 Å². The van der Waals surface area contributed by atoms with Gasteiger partial charge in [-0.1, -0.05) is 42.7 Å². The monoisotopic (exact) mass is 360 g/mol. The van der Waals surface area contributed by atoms with Gasteiger partial charge in [-0.3, -0.25) is 4.79 Å². The minimum absolute atomic E-state index is 0.0188. The average molecular weight is 360 g/mol. The first-order chi connectivity index (χ1) is 12.1. The SMILES string of the molecule is CCOC(=O)C(C)n1/c(=N\C(=O)C2CCCCC2)sc2ccccc21. The van der Waals surface area contributed by atoms with Crippen molar-refractivity contribution in [3.8, 4) is 0 Å². The fourth-order valence-corrected chi connectivity index (χ4v) is 4.45. The van der Waals surface area contributed by atoms with E-state index in [1.54, 1.807) is 13.8 Å². The van der Waals surface area contributed by atoms with Crippen LogP contribution in [0.4, 0.5) is 0 Å². The Hall–Kier alpha value is -1.95. The predicted octanol–water partition coefficient (Wildman–Crippen LogP) is 3.83. The zero-order valence-corrected chi connectivity index (χ0v) is 15.6. The van der Waals surface area contributed by atoms with Crippen LogP contribution in [0.3, 0.4) is 0 Å². The normalized spacial score (nSPS) is 17.6. The maximum Gasteiger partial charge on any atom is 0.328 e. The van der Waals surface area contributed by atoms with Gasteiger partial charge in [-0.2, -0.15) is 4.99 Å². The first-order valence-corrected chi connectivity index (χ1v) is 9.78. The third-order valence-electron chi connectivity index (χ3n) is 4.71. The molecule has 1 aliphatic rings. The minimum atomic E-state index is -0.519. The Labute approximate surface area is 151 Å². The fourth-order valence-electron chi connectivity index (χ4n) is 3.35. The summed E-state index contributed by atoms with van der Waals surface area (Å²) in [6.07, 6.45) is 5.23. The van der Waals surface area contributed by atoms with Crippen molar-refractivity contribution >= 4 is 33.4 Å². The topological polar surface area (TPSA) is 60.7 Å². The van der Waals surface area contributed by atoms with Crippen molar-refractivity contribution in [2.75, 3.05) is 6.61 Å². The smallest absolute Gasteiger partial charge is 0.328 e. The molecule has 0 N–H and O–H groups in total. The molecule has 1 aromatic heterocycles. The van der Waals surface area contributed by atoms with Crippen LogP contribution in [-0.4, -0.2) is 23.1 Å². The Bertz CT molecular complexity index is 831. The quantitative estimate of drug-likeness (QED) is 0.779. The lowest BCUT2D eigenvalue weighted by atomic mass is 9.89. The second-order valence-electron chi connectivity index (χ2n) is 6.44. The lowest BCUT2D eigenvalue weighted by Crippen LogP contribution is -2.28. The van der Waals surface area contributed by atoms with E-state index in [1.165, 1.54) is 17.8 Å². The highest BCUT2D eigenvalue weighted by Gasteiger charge is 2.23. The van der Waals surface area contributed by atoms with E-state index in [0.717, 1.165) is 35.9 Å². The van der Waals surface area contributed by atoms with Crippen LogP contribution >= 0.6 is 11.3 Å². The number of benzene rings is 1. The van der Waals surface area contributed by atoms with E-state index in [0.29, 0.717) is 11.4 Å². The lowest BCUT2D eigenvalue weighted by molar-refractivity contribution is -0.146. The molecule has 25 heavy (non-hydrogen) atoms. The number of hydrogen-bond donors (Lipinski definition) is 0. The second kappa shape index (κ2) is 7.95. The predicted molar refractivity (Wildman–Crippen MR) is 98.3 cm³/mol. The molecule has 1 heterocycles. The van der Waals surface area contributed by atoms with Crippen LogP contribution in [0.2, 0.25) is 0 Å². The van der Waals surface area contributed by atoms with Crippen molar-refractivity contribution in [1.29, 1.82) is 0 Å². The lowest BCUT2D eigenvalue weighted by Gasteiger charge is -2.18. The van der Waals surface area contributed by atoms with Crippen molar-refractivity contribution in [3.05, 3.63) is 29.1 Å². The molecule has 1 atom stereocenters. The molecule has 0 bridgehead atoms. The zero-order valence-electron chi connectivity index (χ0n) is 14.7. The summed E-state index contributed by atoms with van der Waals surface area (Å²) in [6.45, 7) is 3.92. The molecule has 1 aromatic carbocycles. The number of amides is 1. The van der Waals surface area contributed by atoms with Gasteiger partial charge >= 0.3 is 5.97 Å². The van der Waals surface area contributed by atoms with Crippen molar-refractivity contribution in [1.82, 2.24) is 4.57 Å². The van der Waals surface area contributed by atoms with Crippen molar-refractivity contribution in [2.45, 2.75) is 52.0 Å². The molecule has 0 spiro atoms. The molecule has 1 aliphatic carbocycles. The number of carbonyl (C=O) groups excluding carboxylic acids is 2. The van der Waals surface area contributed by atoms with Gasteiger partial charge in [0, 0.05) is 5.92 Å². The molecule has 0 aliphatic heterocycles. The van der Waals surface area contributed by atoms with Gasteiger partial charge < -0.3 is 9.30 Å². The molecule has 6 heteroatoms. The van der Waals surface area contributed by atoms with E-state index >= 15 is 0 Å². The first-order valence-electron chi connectivity index (χ1n) is 8.97. The summed E-state index contributed by atoms with van der Waals surface area (Å²) in [5.74, 6) is -0.348. The van der Waals surface area contributed by atoms with E-state index in [9.17, 15) is 9.59 Å². The van der Waals surface area contributed by atoms with E-state index in [2.05, 4.69) is 4.99 Å². The Morgan fingerprint density at radius 3 is 2.72 bits per heavy atom. The maximum absolute atomic E-state index is 12.6. The molecule has 1 saturated carbocycles. The van der Waals surface area contributed by atoms with Crippen LogP contribution in [-0.2, 0) is 14.3 Å². The van der Waals surface area contributed by atoms with Gasteiger partial charge in [0.2, 0.25) is 0 Å².